The largest absolute Gasteiger partial charge is 0.293 e. The predicted octanol–water partition coefficient (Wildman–Crippen LogP) is 3.80. The van der Waals surface area contributed by atoms with Crippen LogP contribution in [0.3, 0.4) is 0 Å². The van der Waals surface area contributed by atoms with Gasteiger partial charge >= 0.3 is 0 Å². The molecule has 0 saturated carbocycles. The van der Waals surface area contributed by atoms with Crippen LogP contribution in [0.4, 0.5) is 4.39 Å². The average Bonchev–Trinajstić information content (AvgIpc) is 2.23. The Morgan fingerprint density at radius 3 is 3.00 bits per heavy atom. The van der Waals surface area contributed by atoms with Gasteiger partial charge in [-0.15, -0.1) is 11.8 Å². The summed E-state index contributed by atoms with van der Waals surface area (Å²) < 4.78 is 14.2. The third kappa shape index (κ3) is 1.85. The van der Waals surface area contributed by atoms with Gasteiger partial charge < -0.3 is 0 Å². The topological polar surface area (TPSA) is 17.1 Å². The molecule has 1 aromatic rings. The molecule has 1 nitrogen and oxygen atoms in total. The molecule has 1 atom stereocenters. The molecule has 1 aliphatic rings. The molecule has 0 saturated heterocycles. The van der Waals surface area contributed by atoms with Crippen LogP contribution in [0.15, 0.2) is 16.6 Å². The van der Waals surface area contributed by atoms with Crippen molar-refractivity contribution in [2.24, 2.45) is 0 Å². The fourth-order valence-electron chi connectivity index (χ4n) is 1.73. The molecule has 0 fully saturated rings. The summed E-state index contributed by atoms with van der Waals surface area (Å²) in [6, 6.07) is 3.01. The number of thioether (sulfide) groups is 1. The first-order valence-electron chi connectivity index (χ1n) is 4.77. The van der Waals surface area contributed by atoms with Crippen molar-refractivity contribution in [3.8, 4) is 0 Å². The molecule has 1 aromatic carbocycles. The van der Waals surface area contributed by atoms with Gasteiger partial charge in [-0.3, -0.25) is 4.79 Å². The number of carbonyl (C=O) groups excluding carboxylic acids is 1. The normalized spacial score (nSPS) is 20.2. The lowest BCUT2D eigenvalue weighted by Crippen LogP contribution is -2.24. The van der Waals surface area contributed by atoms with Crippen LogP contribution < -0.4 is 0 Å². The van der Waals surface area contributed by atoms with E-state index in [2.05, 4.69) is 15.9 Å². The zero-order valence-electron chi connectivity index (χ0n) is 8.22. The second-order valence-corrected chi connectivity index (χ2v) is 5.50. The molecular weight excluding hydrogens is 279 g/mol. The maximum absolute atomic E-state index is 13.5. The number of fused-ring (bicyclic) bond motifs is 1. The summed E-state index contributed by atoms with van der Waals surface area (Å²) >= 11 is 4.84. The van der Waals surface area contributed by atoms with E-state index in [1.807, 2.05) is 6.92 Å². The number of ketones is 1. The van der Waals surface area contributed by atoms with Gasteiger partial charge in [-0.1, -0.05) is 22.9 Å². The number of halogens is 2. The van der Waals surface area contributed by atoms with Crippen molar-refractivity contribution < 1.29 is 9.18 Å². The predicted molar refractivity (Wildman–Crippen MR) is 63.8 cm³/mol. The maximum Gasteiger partial charge on any atom is 0.177 e. The number of benzene rings is 1. The molecular formula is C11H10BrFOS. The summed E-state index contributed by atoms with van der Waals surface area (Å²) in [5, 5.41) is -0.0180. The molecule has 1 unspecified atom stereocenters. The van der Waals surface area contributed by atoms with Crippen LogP contribution in [0.1, 0.15) is 29.3 Å². The summed E-state index contributed by atoms with van der Waals surface area (Å²) in [5.41, 5.74) is 1.09. The Morgan fingerprint density at radius 1 is 1.60 bits per heavy atom. The van der Waals surface area contributed by atoms with Crippen molar-refractivity contribution in [1.82, 2.24) is 0 Å². The first-order chi connectivity index (χ1) is 7.15. The highest BCUT2D eigenvalue weighted by Gasteiger charge is 2.30. The molecule has 0 aromatic heterocycles. The first kappa shape index (κ1) is 11.1. The summed E-state index contributed by atoms with van der Waals surface area (Å²) in [4.78, 5) is 12.0. The Balaban J connectivity index is 2.55. The van der Waals surface area contributed by atoms with Gasteiger partial charge in [0.2, 0.25) is 0 Å². The third-order valence-corrected chi connectivity index (χ3v) is 4.61. The average molecular weight is 289 g/mol. The first-order valence-corrected chi connectivity index (χ1v) is 6.62. The Morgan fingerprint density at radius 2 is 2.33 bits per heavy atom. The molecule has 0 radical (unpaired) electrons. The molecule has 0 spiro atoms. The fourth-order valence-corrected chi connectivity index (χ4v) is 3.45. The van der Waals surface area contributed by atoms with E-state index in [4.69, 9.17) is 0 Å². The zero-order valence-corrected chi connectivity index (χ0v) is 10.6. The smallest absolute Gasteiger partial charge is 0.177 e. The van der Waals surface area contributed by atoms with Crippen molar-refractivity contribution in [3.05, 3.63) is 33.5 Å². The third-order valence-electron chi connectivity index (χ3n) is 2.54. The summed E-state index contributed by atoms with van der Waals surface area (Å²) in [7, 11) is 0. The highest BCUT2D eigenvalue weighted by molar-refractivity contribution is 9.10. The lowest BCUT2D eigenvalue weighted by atomic mass is 10.0. The summed E-state index contributed by atoms with van der Waals surface area (Å²) in [6.07, 6.45) is 0.798. The highest BCUT2D eigenvalue weighted by Crippen LogP contribution is 2.36. The minimum Gasteiger partial charge on any atom is -0.293 e. The van der Waals surface area contributed by atoms with Gasteiger partial charge in [-0.25, -0.2) is 4.39 Å². The summed E-state index contributed by atoms with van der Waals surface area (Å²) in [5.74, 6) is 0.365. The van der Waals surface area contributed by atoms with Crippen molar-refractivity contribution in [3.63, 3.8) is 0 Å². The number of Topliss-reactive ketones (excluding diaryl/α,β-unsaturated/α-hetero) is 1. The van der Waals surface area contributed by atoms with Crippen LogP contribution in [-0.4, -0.2) is 11.0 Å². The van der Waals surface area contributed by atoms with E-state index in [0.29, 0.717) is 21.4 Å². The van der Waals surface area contributed by atoms with Crippen molar-refractivity contribution in [2.45, 2.75) is 24.3 Å². The second-order valence-electron chi connectivity index (χ2n) is 3.45. The number of hydrogen-bond donors (Lipinski definition) is 0. The Kier molecular flexibility index (Phi) is 3.16. The second kappa shape index (κ2) is 4.26. The van der Waals surface area contributed by atoms with Crippen molar-refractivity contribution >= 4 is 33.5 Å². The number of rotatable bonds is 1. The SMILES string of the molecule is CCC1SCc2c(F)ccc(Br)c2C1=O. The number of carbonyl (C=O) groups is 1. The molecule has 15 heavy (non-hydrogen) atoms. The van der Waals surface area contributed by atoms with E-state index in [9.17, 15) is 9.18 Å². The zero-order chi connectivity index (χ0) is 11.0. The van der Waals surface area contributed by atoms with E-state index in [-0.39, 0.29) is 16.9 Å². The lowest BCUT2D eigenvalue weighted by Gasteiger charge is -2.23. The molecule has 1 heterocycles. The molecule has 0 amide bonds. The molecule has 0 N–H and O–H groups in total. The molecule has 0 aliphatic carbocycles. The van der Waals surface area contributed by atoms with Crippen LogP contribution in [0.5, 0.6) is 0 Å². The minimum absolute atomic E-state index is 0.0180. The van der Waals surface area contributed by atoms with Crippen LogP contribution >= 0.6 is 27.7 Å². The van der Waals surface area contributed by atoms with Crippen LogP contribution in [-0.2, 0) is 5.75 Å². The lowest BCUT2D eigenvalue weighted by molar-refractivity contribution is 0.0984. The molecule has 1 aliphatic heterocycles. The van der Waals surface area contributed by atoms with E-state index >= 15 is 0 Å². The van der Waals surface area contributed by atoms with E-state index in [1.165, 1.54) is 17.8 Å². The molecule has 0 bridgehead atoms. The van der Waals surface area contributed by atoms with Crippen molar-refractivity contribution in [1.29, 1.82) is 0 Å². The van der Waals surface area contributed by atoms with Crippen LogP contribution in [0.2, 0.25) is 0 Å². The van der Waals surface area contributed by atoms with Gasteiger partial charge in [0.15, 0.2) is 5.78 Å². The quantitative estimate of drug-likeness (QED) is 0.782. The van der Waals surface area contributed by atoms with Gasteiger partial charge in [0.05, 0.1) is 5.25 Å². The summed E-state index contributed by atoms with van der Waals surface area (Å²) in [6.45, 7) is 1.98. The van der Waals surface area contributed by atoms with Crippen LogP contribution in [0, 0.1) is 5.82 Å². The van der Waals surface area contributed by atoms with Gasteiger partial charge in [0, 0.05) is 21.4 Å². The monoisotopic (exact) mass is 288 g/mol. The van der Waals surface area contributed by atoms with E-state index in [0.717, 1.165) is 6.42 Å². The molecule has 2 rings (SSSR count). The van der Waals surface area contributed by atoms with Gasteiger partial charge in [0.25, 0.3) is 0 Å². The highest BCUT2D eigenvalue weighted by atomic mass is 79.9. The van der Waals surface area contributed by atoms with Gasteiger partial charge in [-0.05, 0) is 18.6 Å². The maximum atomic E-state index is 13.5. The molecule has 4 heteroatoms. The fraction of sp³-hybridized carbons (Fsp3) is 0.364. The molecule has 80 valence electrons. The minimum atomic E-state index is -0.274. The van der Waals surface area contributed by atoms with Gasteiger partial charge in [-0.2, -0.15) is 0 Å². The van der Waals surface area contributed by atoms with E-state index < -0.39 is 0 Å². The Labute approximate surface area is 101 Å². The van der Waals surface area contributed by atoms with Crippen molar-refractivity contribution in [2.75, 3.05) is 0 Å². The number of hydrogen-bond acceptors (Lipinski definition) is 2. The Bertz CT molecular complexity index is 419. The Hall–Kier alpha value is -0.350. The van der Waals surface area contributed by atoms with E-state index in [1.54, 1.807) is 6.07 Å². The standard InChI is InChI=1S/C11H10BrFOS/c1-2-9-11(14)10-6(5-15-9)8(13)4-3-7(10)12/h3-4,9H,2,5H2,1H3. The van der Waals surface area contributed by atoms with Crippen LogP contribution in [0.25, 0.3) is 0 Å². The van der Waals surface area contributed by atoms with Gasteiger partial charge in [0.1, 0.15) is 5.82 Å².